The molecule has 0 aliphatic heterocycles. The predicted octanol–water partition coefficient (Wildman–Crippen LogP) is 3.48. The largest absolute Gasteiger partial charge is 0.367 e. The Bertz CT molecular complexity index is 472. The molecule has 2 nitrogen and oxygen atoms in total. The smallest absolute Gasteiger partial charge is 0.0297 e. The molecule has 90 valence electrons. The van der Waals surface area contributed by atoms with Crippen molar-refractivity contribution < 1.29 is 0 Å². The van der Waals surface area contributed by atoms with Crippen LogP contribution in [0.2, 0.25) is 0 Å². The van der Waals surface area contributed by atoms with E-state index in [0.29, 0.717) is 6.04 Å². The van der Waals surface area contributed by atoms with E-state index in [4.69, 9.17) is 0 Å². The Morgan fingerprint density at radius 1 is 1.24 bits per heavy atom. The summed E-state index contributed by atoms with van der Waals surface area (Å²) in [7, 11) is 0. The number of H-pyrrole nitrogens is 1. The van der Waals surface area contributed by atoms with E-state index in [1.54, 1.807) is 0 Å². The van der Waals surface area contributed by atoms with E-state index in [0.717, 1.165) is 6.54 Å². The van der Waals surface area contributed by atoms with Crippen LogP contribution in [0, 0.1) is 13.8 Å². The molecule has 1 aromatic heterocycles. The number of aromatic amines is 1. The second-order valence-corrected chi connectivity index (χ2v) is 4.68. The summed E-state index contributed by atoms with van der Waals surface area (Å²) in [6.45, 7) is 7.43. The highest BCUT2D eigenvalue weighted by atomic mass is 14.9. The van der Waals surface area contributed by atoms with Crippen LogP contribution in [0.15, 0.2) is 36.7 Å². The third-order valence-electron chi connectivity index (χ3n) is 3.18. The summed E-state index contributed by atoms with van der Waals surface area (Å²) < 4.78 is 0. The summed E-state index contributed by atoms with van der Waals surface area (Å²) >= 11 is 0. The topological polar surface area (TPSA) is 27.8 Å². The van der Waals surface area contributed by atoms with Gasteiger partial charge in [0.05, 0.1) is 0 Å². The number of nitrogens with one attached hydrogen (secondary N) is 2. The minimum Gasteiger partial charge on any atom is -0.367 e. The lowest BCUT2D eigenvalue weighted by Gasteiger charge is -2.17. The predicted molar refractivity (Wildman–Crippen MR) is 72.0 cm³/mol. The Labute approximate surface area is 103 Å². The number of hydrogen-bond acceptors (Lipinski definition) is 1. The Balaban J connectivity index is 2.04. The number of aryl methyl sites for hydroxylation is 2. The molecular weight excluding hydrogens is 208 g/mol. The van der Waals surface area contributed by atoms with Crippen LogP contribution in [0.3, 0.4) is 0 Å². The van der Waals surface area contributed by atoms with Crippen LogP contribution in [-0.2, 0) is 6.54 Å². The Hall–Kier alpha value is -1.54. The van der Waals surface area contributed by atoms with Gasteiger partial charge in [0.1, 0.15) is 0 Å². The van der Waals surface area contributed by atoms with E-state index in [1.807, 2.05) is 12.4 Å². The van der Waals surface area contributed by atoms with Gasteiger partial charge < -0.3 is 10.3 Å². The molecule has 1 aromatic carbocycles. The molecule has 2 rings (SSSR count). The zero-order chi connectivity index (χ0) is 12.3. The first-order valence-electron chi connectivity index (χ1n) is 6.09. The highest BCUT2D eigenvalue weighted by molar-refractivity contribution is 5.32. The molecule has 0 saturated carbocycles. The molecule has 1 heterocycles. The van der Waals surface area contributed by atoms with Gasteiger partial charge in [0.2, 0.25) is 0 Å². The third-order valence-corrected chi connectivity index (χ3v) is 3.18. The van der Waals surface area contributed by atoms with Gasteiger partial charge in [-0.1, -0.05) is 23.8 Å². The van der Waals surface area contributed by atoms with Gasteiger partial charge in [0.15, 0.2) is 0 Å². The van der Waals surface area contributed by atoms with E-state index in [-0.39, 0.29) is 0 Å². The summed E-state index contributed by atoms with van der Waals surface area (Å²) in [5, 5.41) is 3.55. The van der Waals surface area contributed by atoms with Crippen molar-refractivity contribution >= 4 is 0 Å². The number of benzene rings is 1. The first kappa shape index (κ1) is 11.9. The van der Waals surface area contributed by atoms with Crippen LogP contribution in [-0.4, -0.2) is 4.98 Å². The van der Waals surface area contributed by atoms with Crippen molar-refractivity contribution in [3.63, 3.8) is 0 Å². The van der Waals surface area contributed by atoms with E-state index in [2.05, 4.69) is 55.3 Å². The average Bonchev–Trinajstić information content (AvgIpc) is 2.82. The highest BCUT2D eigenvalue weighted by Gasteiger charge is 2.08. The SMILES string of the molecule is Cc1ccc(C)c(C(C)NCc2cc[nH]c2)c1. The average molecular weight is 228 g/mol. The second kappa shape index (κ2) is 5.19. The third kappa shape index (κ3) is 2.98. The quantitative estimate of drug-likeness (QED) is 0.823. The summed E-state index contributed by atoms with van der Waals surface area (Å²) in [6.07, 6.45) is 3.99. The molecule has 0 saturated heterocycles. The van der Waals surface area contributed by atoms with Gasteiger partial charge in [-0.25, -0.2) is 0 Å². The molecule has 17 heavy (non-hydrogen) atoms. The van der Waals surface area contributed by atoms with Gasteiger partial charge in [0, 0.05) is 25.0 Å². The fraction of sp³-hybridized carbons (Fsp3) is 0.333. The molecule has 2 aromatic rings. The number of rotatable bonds is 4. The molecule has 0 amide bonds. The van der Waals surface area contributed by atoms with Crippen molar-refractivity contribution in [3.05, 3.63) is 58.9 Å². The van der Waals surface area contributed by atoms with E-state index >= 15 is 0 Å². The lowest BCUT2D eigenvalue weighted by atomic mass is 10.00. The molecule has 0 aliphatic carbocycles. The van der Waals surface area contributed by atoms with Gasteiger partial charge in [0.25, 0.3) is 0 Å². The first-order chi connectivity index (χ1) is 8.16. The lowest BCUT2D eigenvalue weighted by molar-refractivity contribution is 0.572. The second-order valence-electron chi connectivity index (χ2n) is 4.68. The molecule has 0 aliphatic rings. The first-order valence-corrected chi connectivity index (χ1v) is 6.09. The van der Waals surface area contributed by atoms with Crippen LogP contribution >= 0.6 is 0 Å². The summed E-state index contributed by atoms with van der Waals surface area (Å²) in [6, 6.07) is 9.11. The zero-order valence-electron chi connectivity index (χ0n) is 10.7. The molecule has 2 heteroatoms. The van der Waals surface area contributed by atoms with Crippen LogP contribution in [0.4, 0.5) is 0 Å². The Kier molecular flexibility index (Phi) is 3.64. The van der Waals surface area contributed by atoms with Crippen LogP contribution in [0.25, 0.3) is 0 Å². The van der Waals surface area contributed by atoms with Crippen molar-refractivity contribution in [1.82, 2.24) is 10.3 Å². The van der Waals surface area contributed by atoms with Gasteiger partial charge in [-0.2, -0.15) is 0 Å². The van der Waals surface area contributed by atoms with Crippen molar-refractivity contribution in [3.8, 4) is 0 Å². The van der Waals surface area contributed by atoms with Crippen molar-refractivity contribution in [2.24, 2.45) is 0 Å². The van der Waals surface area contributed by atoms with Crippen molar-refractivity contribution in [1.29, 1.82) is 0 Å². The highest BCUT2D eigenvalue weighted by Crippen LogP contribution is 2.19. The van der Waals surface area contributed by atoms with Crippen molar-refractivity contribution in [2.45, 2.75) is 33.4 Å². The molecule has 1 unspecified atom stereocenters. The van der Waals surface area contributed by atoms with Crippen LogP contribution < -0.4 is 5.32 Å². The van der Waals surface area contributed by atoms with Gasteiger partial charge >= 0.3 is 0 Å². The minimum atomic E-state index is 0.379. The summed E-state index contributed by atoms with van der Waals surface area (Å²) in [4.78, 5) is 3.07. The van der Waals surface area contributed by atoms with Crippen LogP contribution in [0.1, 0.15) is 35.2 Å². The monoisotopic (exact) mass is 228 g/mol. The Morgan fingerprint density at radius 3 is 2.76 bits per heavy atom. The van der Waals surface area contributed by atoms with Gasteiger partial charge in [-0.15, -0.1) is 0 Å². The molecule has 0 spiro atoms. The molecule has 1 atom stereocenters. The molecule has 0 fully saturated rings. The molecular formula is C15H20N2. The zero-order valence-corrected chi connectivity index (χ0v) is 10.7. The Morgan fingerprint density at radius 2 is 2.06 bits per heavy atom. The fourth-order valence-electron chi connectivity index (χ4n) is 2.08. The van der Waals surface area contributed by atoms with E-state index in [9.17, 15) is 0 Å². The van der Waals surface area contributed by atoms with Crippen molar-refractivity contribution in [2.75, 3.05) is 0 Å². The molecule has 0 radical (unpaired) electrons. The molecule has 2 N–H and O–H groups in total. The summed E-state index contributed by atoms with van der Waals surface area (Å²) in [5.74, 6) is 0. The summed E-state index contributed by atoms with van der Waals surface area (Å²) in [5.41, 5.74) is 5.35. The van der Waals surface area contributed by atoms with E-state index in [1.165, 1.54) is 22.3 Å². The standard InChI is InChI=1S/C15H20N2/c1-11-4-5-12(2)15(8-11)13(3)17-10-14-6-7-16-9-14/h4-9,13,16-17H,10H2,1-3H3. The minimum absolute atomic E-state index is 0.379. The maximum absolute atomic E-state index is 3.55. The maximum atomic E-state index is 3.55. The molecule has 0 bridgehead atoms. The normalized spacial score (nSPS) is 12.6. The van der Waals surface area contributed by atoms with Crippen LogP contribution in [0.5, 0.6) is 0 Å². The maximum Gasteiger partial charge on any atom is 0.0297 e. The number of hydrogen-bond donors (Lipinski definition) is 2. The van der Waals surface area contributed by atoms with Gasteiger partial charge in [-0.05, 0) is 43.5 Å². The fourth-order valence-corrected chi connectivity index (χ4v) is 2.08. The number of aromatic nitrogens is 1. The lowest BCUT2D eigenvalue weighted by Crippen LogP contribution is -2.18. The van der Waals surface area contributed by atoms with E-state index < -0.39 is 0 Å². The van der Waals surface area contributed by atoms with Gasteiger partial charge in [-0.3, -0.25) is 0 Å².